The molecule has 2 fully saturated rings. The molecule has 1 saturated carbocycles. The number of imidazole rings is 1. The maximum absolute atomic E-state index is 12.8. The highest BCUT2D eigenvalue weighted by Gasteiger charge is 2.25. The summed E-state index contributed by atoms with van der Waals surface area (Å²) in [6, 6.07) is 11.8. The summed E-state index contributed by atoms with van der Waals surface area (Å²) in [7, 11) is -4.01. The van der Waals surface area contributed by atoms with Crippen molar-refractivity contribution >= 4 is 38.8 Å². The van der Waals surface area contributed by atoms with Crippen LogP contribution >= 0.6 is 0 Å². The van der Waals surface area contributed by atoms with E-state index in [9.17, 15) is 13.2 Å². The number of hydrogen-bond acceptors (Lipinski definition) is 7. The third kappa shape index (κ3) is 6.16. The number of H-pyrrole nitrogens is 1. The summed E-state index contributed by atoms with van der Waals surface area (Å²) in [5, 5.41) is 12.6. The standard InChI is InChI=1S/C26H34N6O4S/c1-2-21(22-8-5-15-27-22)31-26(33)32-25-29-23-14-11-19(16-24(23)30-25)36-37(34,35)20-12-9-18(10-13-20)28-17-6-3-4-7-17/h9-14,16-17,21-22,27-28H,2-8,15H2,1H3,(H3,29,30,31,32,33). The lowest BCUT2D eigenvalue weighted by atomic mass is 10.0. The molecule has 2 atom stereocenters. The maximum Gasteiger partial charge on any atom is 0.339 e. The zero-order valence-electron chi connectivity index (χ0n) is 20.9. The van der Waals surface area contributed by atoms with Gasteiger partial charge in [-0.05, 0) is 75.0 Å². The smallest absolute Gasteiger partial charge is 0.339 e. The third-order valence-corrected chi connectivity index (χ3v) is 8.36. The lowest BCUT2D eigenvalue weighted by Gasteiger charge is -2.23. The first-order chi connectivity index (χ1) is 17.9. The van der Waals surface area contributed by atoms with Gasteiger partial charge >= 0.3 is 16.1 Å². The summed E-state index contributed by atoms with van der Waals surface area (Å²) >= 11 is 0. The molecule has 2 amide bonds. The normalized spacial score (nSPS) is 19.1. The zero-order valence-corrected chi connectivity index (χ0v) is 21.7. The Morgan fingerprint density at radius 2 is 1.89 bits per heavy atom. The van der Waals surface area contributed by atoms with Gasteiger partial charge in [-0.1, -0.05) is 19.8 Å². The van der Waals surface area contributed by atoms with E-state index in [-0.39, 0.29) is 34.7 Å². The number of benzene rings is 2. The molecule has 5 N–H and O–H groups in total. The Bertz CT molecular complexity index is 1330. The van der Waals surface area contributed by atoms with Gasteiger partial charge in [0.1, 0.15) is 10.6 Å². The van der Waals surface area contributed by atoms with Crippen molar-refractivity contribution in [1.29, 1.82) is 0 Å². The van der Waals surface area contributed by atoms with Crippen LogP contribution in [0.4, 0.5) is 16.4 Å². The minimum atomic E-state index is -4.01. The second kappa shape index (κ2) is 11.0. The number of anilines is 2. The predicted molar refractivity (Wildman–Crippen MR) is 143 cm³/mol. The molecule has 2 aromatic carbocycles. The number of carbonyl (C=O) groups is 1. The highest BCUT2D eigenvalue weighted by Crippen LogP contribution is 2.26. The first kappa shape index (κ1) is 25.3. The van der Waals surface area contributed by atoms with E-state index < -0.39 is 10.1 Å². The summed E-state index contributed by atoms with van der Waals surface area (Å²) < 4.78 is 31.1. The van der Waals surface area contributed by atoms with Crippen LogP contribution in [0.1, 0.15) is 51.9 Å². The fourth-order valence-electron chi connectivity index (χ4n) is 5.15. The van der Waals surface area contributed by atoms with Gasteiger partial charge in [-0.25, -0.2) is 9.78 Å². The molecule has 2 unspecified atom stereocenters. The number of urea groups is 1. The third-order valence-electron chi connectivity index (χ3n) is 7.10. The van der Waals surface area contributed by atoms with Gasteiger partial charge in [-0.2, -0.15) is 8.42 Å². The van der Waals surface area contributed by atoms with Gasteiger partial charge in [0, 0.05) is 29.9 Å². The minimum Gasteiger partial charge on any atom is -0.382 e. The van der Waals surface area contributed by atoms with Gasteiger partial charge in [0.2, 0.25) is 5.95 Å². The van der Waals surface area contributed by atoms with E-state index in [1.54, 1.807) is 42.5 Å². The van der Waals surface area contributed by atoms with E-state index in [4.69, 9.17) is 4.18 Å². The minimum absolute atomic E-state index is 0.0321. The molecule has 10 nitrogen and oxygen atoms in total. The van der Waals surface area contributed by atoms with Crippen LogP contribution < -0.4 is 25.5 Å². The fourth-order valence-corrected chi connectivity index (χ4v) is 6.08. The second-order valence-corrected chi connectivity index (χ2v) is 11.3. The highest BCUT2D eigenvalue weighted by molar-refractivity contribution is 7.87. The largest absolute Gasteiger partial charge is 0.382 e. The Hall–Kier alpha value is -3.31. The van der Waals surface area contributed by atoms with Gasteiger partial charge in [0.05, 0.1) is 11.0 Å². The van der Waals surface area contributed by atoms with E-state index >= 15 is 0 Å². The lowest BCUT2D eigenvalue weighted by Crippen LogP contribution is -2.48. The van der Waals surface area contributed by atoms with Crippen LogP contribution in [-0.4, -0.2) is 49.1 Å². The van der Waals surface area contributed by atoms with Gasteiger partial charge in [-0.3, -0.25) is 5.32 Å². The van der Waals surface area contributed by atoms with E-state index in [0.717, 1.165) is 44.3 Å². The first-order valence-corrected chi connectivity index (χ1v) is 14.4. The summed E-state index contributed by atoms with van der Waals surface area (Å²) in [4.78, 5) is 20.0. The molecule has 11 heteroatoms. The number of aromatic nitrogens is 2. The number of fused-ring (bicyclic) bond motifs is 1. The van der Waals surface area contributed by atoms with Crippen LogP contribution in [0.5, 0.6) is 5.75 Å². The average Bonchev–Trinajstić information content (AvgIpc) is 3.65. The molecule has 3 aromatic rings. The van der Waals surface area contributed by atoms with E-state index in [2.05, 4.69) is 31.2 Å². The van der Waals surface area contributed by atoms with Crippen molar-refractivity contribution in [2.45, 2.75) is 74.9 Å². The lowest BCUT2D eigenvalue weighted by molar-refractivity contribution is 0.244. The summed E-state index contributed by atoms with van der Waals surface area (Å²) in [5.74, 6) is 0.422. The number of hydrogen-bond donors (Lipinski definition) is 5. The van der Waals surface area contributed by atoms with Crippen LogP contribution in [0.3, 0.4) is 0 Å². The Balaban J connectivity index is 1.22. The number of amides is 2. The summed E-state index contributed by atoms with van der Waals surface area (Å²) in [6.45, 7) is 3.01. The average molecular weight is 527 g/mol. The van der Waals surface area contributed by atoms with E-state index in [0.29, 0.717) is 17.1 Å². The van der Waals surface area contributed by atoms with Crippen LogP contribution in [0.15, 0.2) is 47.4 Å². The molecule has 0 bridgehead atoms. The molecule has 5 rings (SSSR count). The van der Waals surface area contributed by atoms with Crippen LogP contribution in [0.25, 0.3) is 11.0 Å². The number of rotatable bonds is 9. The van der Waals surface area contributed by atoms with Gasteiger partial charge in [0.25, 0.3) is 0 Å². The Labute approximate surface area is 217 Å². The molecular weight excluding hydrogens is 492 g/mol. The second-order valence-electron chi connectivity index (χ2n) is 9.77. The molecular formula is C26H34N6O4S. The van der Waals surface area contributed by atoms with Crippen molar-refractivity contribution in [2.24, 2.45) is 0 Å². The molecule has 198 valence electrons. The van der Waals surface area contributed by atoms with Gasteiger partial charge in [-0.15, -0.1) is 0 Å². The van der Waals surface area contributed by atoms with Gasteiger partial charge < -0.3 is 25.1 Å². The molecule has 37 heavy (non-hydrogen) atoms. The van der Waals surface area contributed by atoms with Crippen molar-refractivity contribution in [2.75, 3.05) is 17.2 Å². The Morgan fingerprint density at radius 3 is 2.59 bits per heavy atom. The number of carbonyl (C=O) groups excluding carboxylic acids is 1. The SMILES string of the molecule is CCC(NC(=O)Nc1nc2ccc(OS(=O)(=O)c3ccc(NC4CCCC4)cc3)cc2[nH]1)C1CCCN1. The van der Waals surface area contributed by atoms with E-state index in [1.807, 2.05) is 6.92 Å². The Morgan fingerprint density at radius 1 is 1.11 bits per heavy atom. The van der Waals surface area contributed by atoms with Crippen molar-refractivity contribution in [1.82, 2.24) is 20.6 Å². The first-order valence-electron chi connectivity index (χ1n) is 13.0. The molecule has 1 aliphatic heterocycles. The topological polar surface area (TPSA) is 137 Å². The van der Waals surface area contributed by atoms with Crippen molar-refractivity contribution in [3.05, 3.63) is 42.5 Å². The van der Waals surface area contributed by atoms with Crippen molar-refractivity contribution in [3.63, 3.8) is 0 Å². The molecule has 2 aliphatic rings. The summed E-state index contributed by atoms with van der Waals surface area (Å²) in [6.07, 6.45) is 7.69. The van der Waals surface area contributed by atoms with Crippen LogP contribution in [0.2, 0.25) is 0 Å². The van der Waals surface area contributed by atoms with Crippen molar-refractivity contribution < 1.29 is 17.4 Å². The maximum atomic E-state index is 12.8. The number of nitrogens with one attached hydrogen (secondary N) is 5. The molecule has 1 aromatic heterocycles. The number of aromatic amines is 1. The highest BCUT2D eigenvalue weighted by atomic mass is 32.2. The van der Waals surface area contributed by atoms with E-state index in [1.165, 1.54) is 12.8 Å². The monoisotopic (exact) mass is 526 g/mol. The quantitative estimate of drug-likeness (QED) is 0.262. The molecule has 0 spiro atoms. The van der Waals surface area contributed by atoms with Crippen molar-refractivity contribution in [3.8, 4) is 5.75 Å². The van der Waals surface area contributed by atoms with Crippen LogP contribution in [-0.2, 0) is 10.1 Å². The Kier molecular flexibility index (Phi) is 7.52. The van der Waals surface area contributed by atoms with Gasteiger partial charge in [0.15, 0.2) is 0 Å². The fraction of sp³-hybridized carbons (Fsp3) is 0.462. The summed E-state index contributed by atoms with van der Waals surface area (Å²) in [5.41, 5.74) is 2.02. The molecule has 1 saturated heterocycles. The molecule has 0 radical (unpaired) electrons. The predicted octanol–water partition coefficient (Wildman–Crippen LogP) is 4.34. The number of nitrogens with zero attached hydrogens (tertiary/aromatic N) is 1. The molecule has 2 heterocycles. The zero-order chi connectivity index (χ0) is 25.8. The molecule has 1 aliphatic carbocycles. The van der Waals surface area contributed by atoms with Crippen LogP contribution in [0, 0.1) is 0 Å².